The predicted molar refractivity (Wildman–Crippen MR) is 90.9 cm³/mol. The fourth-order valence-corrected chi connectivity index (χ4v) is 2.86. The molecule has 2 N–H and O–H groups in total. The molecular weight excluding hydrogens is 322 g/mol. The summed E-state index contributed by atoms with van der Waals surface area (Å²) < 4.78 is 6.63. The second-order valence-electron chi connectivity index (χ2n) is 6.47. The summed E-state index contributed by atoms with van der Waals surface area (Å²) >= 11 is 0. The van der Waals surface area contributed by atoms with Crippen LogP contribution in [0.3, 0.4) is 0 Å². The van der Waals surface area contributed by atoms with Gasteiger partial charge in [-0.05, 0) is 30.5 Å². The molecule has 0 saturated heterocycles. The van der Waals surface area contributed by atoms with Crippen LogP contribution in [-0.2, 0) is 18.4 Å². The smallest absolute Gasteiger partial charge is 0.338 e. The van der Waals surface area contributed by atoms with Gasteiger partial charge in [-0.3, -0.25) is 4.68 Å². The maximum atomic E-state index is 12.4. The number of urea groups is 1. The zero-order valence-corrected chi connectivity index (χ0v) is 14.4. The molecule has 25 heavy (non-hydrogen) atoms. The number of aromatic nitrogens is 3. The SMILES string of the molecule is CC(C)C[C@@H](NC(=O)Nc1ccc2c(c1)COC2=O)c1ncnn1C. The van der Waals surface area contributed by atoms with Gasteiger partial charge >= 0.3 is 12.0 Å². The number of nitrogens with one attached hydrogen (secondary N) is 2. The molecular formula is C17H21N5O3. The van der Waals surface area contributed by atoms with Gasteiger partial charge < -0.3 is 15.4 Å². The second-order valence-corrected chi connectivity index (χ2v) is 6.47. The molecule has 1 aromatic heterocycles. The van der Waals surface area contributed by atoms with Crippen molar-refractivity contribution in [1.82, 2.24) is 20.1 Å². The van der Waals surface area contributed by atoms with Crippen molar-refractivity contribution in [3.05, 3.63) is 41.5 Å². The van der Waals surface area contributed by atoms with Crippen molar-refractivity contribution in [1.29, 1.82) is 0 Å². The van der Waals surface area contributed by atoms with Gasteiger partial charge in [-0.2, -0.15) is 5.10 Å². The first-order valence-corrected chi connectivity index (χ1v) is 8.15. The number of aryl methyl sites for hydroxylation is 1. The maximum Gasteiger partial charge on any atom is 0.338 e. The van der Waals surface area contributed by atoms with Gasteiger partial charge in [0.2, 0.25) is 0 Å². The van der Waals surface area contributed by atoms with Crippen LogP contribution in [0.25, 0.3) is 0 Å². The number of nitrogens with zero attached hydrogens (tertiary/aromatic N) is 3. The van der Waals surface area contributed by atoms with Crippen LogP contribution >= 0.6 is 0 Å². The topological polar surface area (TPSA) is 98.1 Å². The first-order valence-electron chi connectivity index (χ1n) is 8.15. The highest BCUT2D eigenvalue weighted by Crippen LogP contribution is 2.24. The molecule has 0 unspecified atom stereocenters. The molecule has 0 fully saturated rings. The number of carbonyl (C=O) groups is 2. The van der Waals surface area contributed by atoms with Crippen molar-refractivity contribution in [2.45, 2.75) is 32.9 Å². The molecule has 0 radical (unpaired) electrons. The predicted octanol–water partition coefficient (Wildman–Crippen LogP) is 2.39. The van der Waals surface area contributed by atoms with Crippen LogP contribution < -0.4 is 10.6 Å². The molecule has 132 valence electrons. The number of hydrogen-bond acceptors (Lipinski definition) is 5. The minimum atomic E-state index is -0.334. The van der Waals surface area contributed by atoms with Crippen LogP contribution in [0, 0.1) is 5.92 Å². The Balaban J connectivity index is 1.70. The van der Waals surface area contributed by atoms with Gasteiger partial charge in [0.1, 0.15) is 18.8 Å². The molecule has 1 aliphatic rings. The highest BCUT2D eigenvalue weighted by Gasteiger charge is 2.23. The molecule has 2 amide bonds. The molecule has 1 aliphatic heterocycles. The van der Waals surface area contributed by atoms with E-state index in [1.807, 2.05) is 0 Å². The molecule has 0 aliphatic carbocycles. The van der Waals surface area contributed by atoms with Crippen molar-refractivity contribution in [2.24, 2.45) is 13.0 Å². The number of hydrogen-bond donors (Lipinski definition) is 2. The Kier molecular flexibility index (Phi) is 4.69. The number of benzene rings is 1. The summed E-state index contributed by atoms with van der Waals surface area (Å²) in [5, 5.41) is 9.81. The minimum absolute atomic E-state index is 0.236. The Labute approximate surface area is 145 Å². The van der Waals surface area contributed by atoms with Crippen LogP contribution in [0.1, 0.15) is 48.1 Å². The number of fused-ring (bicyclic) bond motifs is 1. The van der Waals surface area contributed by atoms with E-state index in [0.717, 1.165) is 12.0 Å². The van der Waals surface area contributed by atoms with Gasteiger partial charge in [0.15, 0.2) is 0 Å². The number of cyclic esters (lactones) is 1. The van der Waals surface area contributed by atoms with Gasteiger partial charge in [-0.25, -0.2) is 14.6 Å². The van der Waals surface area contributed by atoms with Gasteiger partial charge in [0.25, 0.3) is 0 Å². The maximum absolute atomic E-state index is 12.4. The fourth-order valence-electron chi connectivity index (χ4n) is 2.86. The average Bonchev–Trinajstić information content (AvgIpc) is 3.12. The average molecular weight is 343 g/mol. The van der Waals surface area contributed by atoms with Crippen LogP contribution in [-0.4, -0.2) is 26.8 Å². The van der Waals surface area contributed by atoms with E-state index < -0.39 is 0 Å². The van der Waals surface area contributed by atoms with Gasteiger partial charge in [-0.15, -0.1) is 0 Å². The Morgan fingerprint density at radius 1 is 1.40 bits per heavy atom. The van der Waals surface area contributed by atoms with Crippen LogP contribution in [0.4, 0.5) is 10.5 Å². The number of carbonyl (C=O) groups excluding carboxylic acids is 2. The molecule has 8 nitrogen and oxygen atoms in total. The third-order valence-corrected chi connectivity index (χ3v) is 4.01. The largest absolute Gasteiger partial charge is 0.457 e. The number of anilines is 1. The van der Waals surface area contributed by atoms with Crippen molar-refractivity contribution in [3.63, 3.8) is 0 Å². The number of amides is 2. The van der Waals surface area contributed by atoms with E-state index in [2.05, 4.69) is 34.6 Å². The van der Waals surface area contributed by atoms with Crippen molar-refractivity contribution in [3.8, 4) is 0 Å². The third kappa shape index (κ3) is 3.78. The van der Waals surface area contributed by atoms with E-state index >= 15 is 0 Å². The molecule has 8 heteroatoms. The van der Waals surface area contributed by atoms with Gasteiger partial charge in [0.05, 0.1) is 11.6 Å². The van der Waals surface area contributed by atoms with E-state index in [1.165, 1.54) is 6.33 Å². The Morgan fingerprint density at radius 3 is 2.88 bits per heavy atom. The van der Waals surface area contributed by atoms with E-state index in [0.29, 0.717) is 23.0 Å². The van der Waals surface area contributed by atoms with Gasteiger partial charge in [-0.1, -0.05) is 13.8 Å². The lowest BCUT2D eigenvalue weighted by molar-refractivity contribution is 0.0535. The summed E-state index contributed by atoms with van der Waals surface area (Å²) in [6.45, 7) is 4.40. The zero-order valence-electron chi connectivity index (χ0n) is 14.4. The zero-order chi connectivity index (χ0) is 18.0. The van der Waals surface area contributed by atoms with E-state index in [9.17, 15) is 9.59 Å². The highest BCUT2D eigenvalue weighted by molar-refractivity contribution is 5.95. The molecule has 0 bridgehead atoms. The summed E-state index contributed by atoms with van der Waals surface area (Å²) in [6, 6.07) is 4.52. The molecule has 1 atom stereocenters. The van der Waals surface area contributed by atoms with Crippen molar-refractivity contribution >= 4 is 17.7 Å². The van der Waals surface area contributed by atoms with Crippen LogP contribution in [0.2, 0.25) is 0 Å². The Hall–Kier alpha value is -2.90. The lowest BCUT2D eigenvalue weighted by Crippen LogP contribution is -2.34. The quantitative estimate of drug-likeness (QED) is 0.812. The molecule has 0 saturated carbocycles. The standard InChI is InChI=1S/C17H21N5O3/c1-10(2)6-14(15-18-9-19-22(15)3)21-17(24)20-12-4-5-13-11(7-12)8-25-16(13)23/h4-5,7,9-10,14H,6,8H2,1-3H3,(H2,20,21,24)/t14-/m1/s1. The van der Waals surface area contributed by atoms with Crippen LogP contribution in [0.5, 0.6) is 0 Å². The summed E-state index contributed by atoms with van der Waals surface area (Å²) in [5.41, 5.74) is 1.92. The van der Waals surface area contributed by atoms with Crippen molar-refractivity contribution in [2.75, 3.05) is 5.32 Å². The lowest BCUT2D eigenvalue weighted by atomic mass is 10.0. The first kappa shape index (κ1) is 16.9. The Morgan fingerprint density at radius 2 is 2.20 bits per heavy atom. The first-order chi connectivity index (χ1) is 11.9. The summed E-state index contributed by atoms with van der Waals surface area (Å²) in [7, 11) is 1.80. The number of ether oxygens (including phenoxy) is 1. The number of esters is 1. The molecule has 2 heterocycles. The summed E-state index contributed by atoms with van der Waals surface area (Å²) in [4.78, 5) is 28.1. The number of rotatable bonds is 5. The van der Waals surface area contributed by atoms with E-state index in [-0.39, 0.29) is 24.6 Å². The summed E-state index contributed by atoms with van der Waals surface area (Å²) in [5.74, 6) is 0.757. The molecule has 0 spiro atoms. The normalized spacial score (nSPS) is 14.2. The van der Waals surface area contributed by atoms with Crippen LogP contribution in [0.15, 0.2) is 24.5 Å². The third-order valence-electron chi connectivity index (χ3n) is 4.01. The summed E-state index contributed by atoms with van der Waals surface area (Å²) in [6.07, 6.45) is 2.21. The minimum Gasteiger partial charge on any atom is -0.457 e. The molecule has 2 aromatic rings. The lowest BCUT2D eigenvalue weighted by Gasteiger charge is -2.20. The fraction of sp³-hybridized carbons (Fsp3) is 0.412. The monoisotopic (exact) mass is 343 g/mol. The second kappa shape index (κ2) is 6.92. The highest BCUT2D eigenvalue weighted by atomic mass is 16.5. The van der Waals surface area contributed by atoms with E-state index in [1.54, 1.807) is 29.9 Å². The Bertz CT molecular complexity index is 799. The molecule has 1 aromatic carbocycles. The van der Waals surface area contributed by atoms with E-state index in [4.69, 9.17) is 4.74 Å². The van der Waals surface area contributed by atoms with Gasteiger partial charge in [0, 0.05) is 18.3 Å². The molecule has 3 rings (SSSR count). The van der Waals surface area contributed by atoms with Crippen molar-refractivity contribution < 1.29 is 14.3 Å².